The Morgan fingerprint density at radius 1 is 0.870 bits per heavy atom. The van der Waals surface area contributed by atoms with Gasteiger partial charge in [-0.2, -0.15) is 0 Å². The summed E-state index contributed by atoms with van der Waals surface area (Å²) in [4.78, 5) is 4.80. The van der Waals surface area contributed by atoms with Crippen LogP contribution in [0, 0.1) is 0 Å². The minimum atomic E-state index is -0.404. The van der Waals surface area contributed by atoms with Crippen molar-refractivity contribution in [1.29, 1.82) is 0 Å². The Balaban J connectivity index is 1.46. The van der Waals surface area contributed by atoms with Gasteiger partial charge in [0.05, 0.1) is 6.10 Å². The van der Waals surface area contributed by atoms with Gasteiger partial charge < -0.3 is 5.11 Å². The molecule has 1 N–H and O–H groups in total. The van der Waals surface area contributed by atoms with E-state index in [1.165, 1.54) is 5.56 Å². The van der Waals surface area contributed by atoms with Crippen molar-refractivity contribution in [1.82, 2.24) is 9.80 Å². The fourth-order valence-electron chi connectivity index (χ4n) is 3.00. The Labute approximate surface area is 143 Å². The molecule has 0 spiro atoms. The van der Waals surface area contributed by atoms with E-state index < -0.39 is 6.10 Å². The molecule has 0 aromatic heterocycles. The van der Waals surface area contributed by atoms with Crippen molar-refractivity contribution in [3.8, 4) is 0 Å². The first-order valence-electron chi connectivity index (χ1n) is 8.13. The Bertz CT molecular complexity index is 595. The van der Waals surface area contributed by atoms with Gasteiger partial charge in [-0.1, -0.05) is 54.1 Å². The van der Waals surface area contributed by atoms with Crippen molar-refractivity contribution in [3.05, 3.63) is 70.7 Å². The minimum Gasteiger partial charge on any atom is -0.387 e. The highest BCUT2D eigenvalue weighted by Gasteiger charge is 2.19. The Kier molecular flexibility index (Phi) is 5.68. The lowest BCUT2D eigenvalue weighted by molar-refractivity contribution is 0.0701. The first kappa shape index (κ1) is 16.5. The van der Waals surface area contributed by atoms with E-state index in [9.17, 15) is 5.11 Å². The van der Waals surface area contributed by atoms with Gasteiger partial charge in [0.1, 0.15) is 0 Å². The molecule has 0 radical (unpaired) electrons. The smallest absolute Gasteiger partial charge is 0.0916 e. The quantitative estimate of drug-likeness (QED) is 0.912. The number of β-amino-alcohol motifs (C(OH)–C–C–N with tert-alkyl or cyclic N) is 1. The summed E-state index contributed by atoms with van der Waals surface area (Å²) in [7, 11) is 0. The highest BCUT2D eigenvalue weighted by atomic mass is 35.5. The molecule has 0 amide bonds. The van der Waals surface area contributed by atoms with Crippen LogP contribution in [0.1, 0.15) is 17.2 Å². The fourth-order valence-corrected chi connectivity index (χ4v) is 3.13. The van der Waals surface area contributed by atoms with Gasteiger partial charge in [0.15, 0.2) is 0 Å². The molecule has 1 aliphatic rings. The molecule has 1 fully saturated rings. The van der Waals surface area contributed by atoms with E-state index in [2.05, 4.69) is 21.9 Å². The summed E-state index contributed by atoms with van der Waals surface area (Å²) in [6.07, 6.45) is -0.404. The van der Waals surface area contributed by atoms with E-state index in [0.29, 0.717) is 6.54 Å². The van der Waals surface area contributed by atoms with Crippen LogP contribution in [0.5, 0.6) is 0 Å². The van der Waals surface area contributed by atoms with Crippen LogP contribution < -0.4 is 0 Å². The average Bonchev–Trinajstić information content (AvgIpc) is 2.59. The summed E-state index contributed by atoms with van der Waals surface area (Å²) in [5.74, 6) is 0. The number of halogens is 1. The van der Waals surface area contributed by atoms with Crippen LogP contribution in [0.3, 0.4) is 0 Å². The molecule has 3 rings (SSSR count). The second-order valence-electron chi connectivity index (χ2n) is 6.13. The van der Waals surface area contributed by atoms with Crippen LogP contribution in [0.15, 0.2) is 54.6 Å². The molecule has 0 bridgehead atoms. The van der Waals surface area contributed by atoms with E-state index in [4.69, 9.17) is 11.6 Å². The van der Waals surface area contributed by atoms with Gasteiger partial charge in [-0.15, -0.1) is 0 Å². The highest BCUT2D eigenvalue weighted by Crippen LogP contribution is 2.16. The molecular formula is C19H23ClN2O. The zero-order valence-electron chi connectivity index (χ0n) is 13.2. The van der Waals surface area contributed by atoms with E-state index >= 15 is 0 Å². The molecule has 1 heterocycles. The van der Waals surface area contributed by atoms with Crippen molar-refractivity contribution < 1.29 is 5.11 Å². The maximum absolute atomic E-state index is 10.3. The van der Waals surface area contributed by atoms with Gasteiger partial charge in [-0.3, -0.25) is 9.80 Å². The summed E-state index contributed by atoms with van der Waals surface area (Å²) in [5, 5.41) is 11.1. The first-order valence-corrected chi connectivity index (χ1v) is 8.51. The monoisotopic (exact) mass is 330 g/mol. The zero-order valence-corrected chi connectivity index (χ0v) is 14.0. The molecule has 1 unspecified atom stereocenters. The Hall–Kier alpha value is -1.39. The molecule has 0 aliphatic carbocycles. The predicted octanol–water partition coefficient (Wildman–Crippen LogP) is 3.19. The molecular weight excluding hydrogens is 308 g/mol. The topological polar surface area (TPSA) is 26.7 Å². The average molecular weight is 331 g/mol. The molecule has 1 atom stereocenters. The van der Waals surface area contributed by atoms with Gasteiger partial charge in [0.25, 0.3) is 0 Å². The Morgan fingerprint density at radius 3 is 2.13 bits per heavy atom. The van der Waals surface area contributed by atoms with Crippen molar-refractivity contribution in [2.75, 3.05) is 32.7 Å². The van der Waals surface area contributed by atoms with Crippen LogP contribution in [0.4, 0.5) is 0 Å². The minimum absolute atomic E-state index is 0.404. The lowest BCUT2D eigenvalue weighted by atomic mass is 10.1. The molecule has 0 saturated carbocycles. The lowest BCUT2D eigenvalue weighted by Crippen LogP contribution is -2.47. The van der Waals surface area contributed by atoms with Crippen LogP contribution in [-0.2, 0) is 6.54 Å². The lowest BCUT2D eigenvalue weighted by Gasteiger charge is -2.35. The second kappa shape index (κ2) is 7.93. The summed E-state index contributed by atoms with van der Waals surface area (Å²) in [5.41, 5.74) is 2.29. The van der Waals surface area contributed by atoms with Crippen molar-refractivity contribution >= 4 is 11.6 Å². The number of nitrogens with zero attached hydrogens (tertiary/aromatic N) is 2. The largest absolute Gasteiger partial charge is 0.387 e. The van der Waals surface area contributed by atoms with Crippen molar-refractivity contribution in [2.45, 2.75) is 12.6 Å². The molecule has 2 aromatic carbocycles. The molecule has 3 nitrogen and oxygen atoms in total. The van der Waals surface area contributed by atoms with Gasteiger partial charge >= 0.3 is 0 Å². The van der Waals surface area contributed by atoms with Crippen LogP contribution in [0.2, 0.25) is 5.02 Å². The number of aliphatic hydroxyl groups is 1. The van der Waals surface area contributed by atoms with Gasteiger partial charge in [-0.25, -0.2) is 0 Å². The van der Waals surface area contributed by atoms with Crippen molar-refractivity contribution in [3.63, 3.8) is 0 Å². The molecule has 23 heavy (non-hydrogen) atoms. The van der Waals surface area contributed by atoms with Crippen LogP contribution in [0.25, 0.3) is 0 Å². The number of hydrogen-bond donors (Lipinski definition) is 1. The van der Waals surface area contributed by atoms with Crippen LogP contribution in [-0.4, -0.2) is 47.6 Å². The number of hydrogen-bond acceptors (Lipinski definition) is 3. The third-order valence-corrected chi connectivity index (χ3v) is 4.65. The highest BCUT2D eigenvalue weighted by molar-refractivity contribution is 6.30. The zero-order chi connectivity index (χ0) is 16.1. The third kappa shape index (κ3) is 4.79. The summed E-state index contributed by atoms with van der Waals surface area (Å²) in [6.45, 7) is 5.73. The second-order valence-corrected chi connectivity index (χ2v) is 6.57. The summed E-state index contributed by atoms with van der Waals surface area (Å²) < 4.78 is 0. The van der Waals surface area contributed by atoms with E-state index in [-0.39, 0.29) is 0 Å². The standard InChI is InChI=1S/C19H23ClN2O/c20-18-8-6-16(7-9-18)14-21-10-12-22(13-11-21)15-19(23)17-4-2-1-3-5-17/h1-9,19,23H,10-15H2. The first-order chi connectivity index (χ1) is 11.2. The third-order valence-electron chi connectivity index (χ3n) is 4.40. The summed E-state index contributed by atoms with van der Waals surface area (Å²) >= 11 is 5.93. The molecule has 1 saturated heterocycles. The van der Waals surface area contributed by atoms with Gasteiger partial charge in [-0.05, 0) is 23.3 Å². The molecule has 122 valence electrons. The van der Waals surface area contributed by atoms with Gasteiger partial charge in [0.2, 0.25) is 0 Å². The summed E-state index contributed by atoms with van der Waals surface area (Å²) in [6, 6.07) is 18.0. The van der Waals surface area contributed by atoms with Crippen molar-refractivity contribution in [2.24, 2.45) is 0 Å². The number of benzene rings is 2. The van der Waals surface area contributed by atoms with E-state index in [1.54, 1.807) is 0 Å². The van der Waals surface area contributed by atoms with Gasteiger partial charge in [0, 0.05) is 44.3 Å². The number of aliphatic hydroxyl groups excluding tert-OH is 1. The number of rotatable bonds is 5. The van der Waals surface area contributed by atoms with E-state index in [0.717, 1.165) is 43.3 Å². The number of piperazine rings is 1. The Morgan fingerprint density at radius 2 is 1.48 bits per heavy atom. The molecule has 1 aliphatic heterocycles. The van der Waals surface area contributed by atoms with Crippen LogP contribution >= 0.6 is 11.6 Å². The maximum Gasteiger partial charge on any atom is 0.0916 e. The maximum atomic E-state index is 10.3. The van der Waals surface area contributed by atoms with E-state index in [1.807, 2.05) is 42.5 Å². The predicted molar refractivity (Wildman–Crippen MR) is 94.6 cm³/mol. The fraction of sp³-hybridized carbons (Fsp3) is 0.368. The normalized spacial score (nSPS) is 18.0. The molecule has 4 heteroatoms. The molecule has 2 aromatic rings. The SMILES string of the molecule is OC(CN1CCN(Cc2ccc(Cl)cc2)CC1)c1ccccc1.